The Morgan fingerprint density at radius 2 is 2.30 bits per heavy atom. The number of carbonyl (C=O) groups is 1. The van der Waals surface area contributed by atoms with Gasteiger partial charge in [0, 0.05) is 32.2 Å². The van der Waals surface area contributed by atoms with Crippen molar-refractivity contribution < 1.29 is 9.21 Å². The summed E-state index contributed by atoms with van der Waals surface area (Å²) < 4.78 is 5.73. The number of anilines is 1. The minimum Gasteiger partial charge on any atom is -0.423 e. The fourth-order valence-corrected chi connectivity index (χ4v) is 2.69. The minimum absolute atomic E-state index is 0.0172. The lowest BCUT2D eigenvalue weighted by atomic mass is 10.1. The third-order valence-corrected chi connectivity index (χ3v) is 3.82. The summed E-state index contributed by atoms with van der Waals surface area (Å²) in [6.07, 6.45) is 0.830. The number of amides is 1. The van der Waals surface area contributed by atoms with Crippen molar-refractivity contribution >= 4 is 34.6 Å². The maximum absolute atomic E-state index is 12.0. The fourth-order valence-electron chi connectivity index (χ4n) is 2.52. The summed E-state index contributed by atoms with van der Waals surface area (Å²) in [5.41, 5.74) is 1.46. The zero-order chi connectivity index (χ0) is 14.3. The van der Waals surface area contributed by atoms with Crippen molar-refractivity contribution in [1.82, 2.24) is 9.88 Å². The predicted molar refractivity (Wildman–Crippen MR) is 78.0 cm³/mol. The quantitative estimate of drug-likeness (QED) is 0.853. The first-order chi connectivity index (χ1) is 9.54. The Bertz CT molecular complexity index is 653. The second-order valence-corrected chi connectivity index (χ2v) is 5.71. The van der Waals surface area contributed by atoms with Crippen LogP contribution in [0.5, 0.6) is 0 Å². The maximum Gasteiger partial charge on any atom is 0.298 e. The molecule has 1 aromatic carbocycles. The van der Waals surface area contributed by atoms with E-state index in [1.54, 1.807) is 31.1 Å². The molecule has 106 valence electrons. The monoisotopic (exact) mass is 293 g/mol. The molecule has 1 aliphatic rings. The van der Waals surface area contributed by atoms with Gasteiger partial charge in [0.05, 0.1) is 5.92 Å². The van der Waals surface area contributed by atoms with Crippen LogP contribution in [0.4, 0.5) is 6.01 Å². The van der Waals surface area contributed by atoms with Crippen LogP contribution in [-0.2, 0) is 4.79 Å². The third kappa shape index (κ3) is 2.33. The van der Waals surface area contributed by atoms with E-state index in [0.29, 0.717) is 23.2 Å². The summed E-state index contributed by atoms with van der Waals surface area (Å²) in [6.45, 7) is 1.43. The van der Waals surface area contributed by atoms with Crippen LogP contribution in [0.25, 0.3) is 11.1 Å². The molecule has 0 saturated carbocycles. The molecule has 0 bridgehead atoms. The fraction of sp³-hybridized carbons (Fsp3) is 0.429. The summed E-state index contributed by atoms with van der Waals surface area (Å²) in [6, 6.07) is 5.94. The van der Waals surface area contributed by atoms with Gasteiger partial charge in [0.15, 0.2) is 5.58 Å². The highest BCUT2D eigenvalue weighted by atomic mass is 35.5. The molecule has 20 heavy (non-hydrogen) atoms. The molecule has 5 nitrogen and oxygen atoms in total. The van der Waals surface area contributed by atoms with Gasteiger partial charge in [-0.2, -0.15) is 4.98 Å². The highest BCUT2D eigenvalue weighted by Gasteiger charge is 2.31. The van der Waals surface area contributed by atoms with Crippen molar-refractivity contribution in [3.8, 4) is 0 Å². The van der Waals surface area contributed by atoms with Crippen LogP contribution >= 0.6 is 11.6 Å². The molecule has 6 heteroatoms. The predicted octanol–water partition coefficient (Wildman–Crippen LogP) is 2.40. The van der Waals surface area contributed by atoms with Gasteiger partial charge in [-0.1, -0.05) is 11.6 Å². The molecule has 1 fully saturated rings. The normalized spacial score (nSPS) is 18.8. The van der Waals surface area contributed by atoms with Crippen LogP contribution in [0.3, 0.4) is 0 Å². The first-order valence-electron chi connectivity index (χ1n) is 6.57. The molecular formula is C14H16ClN3O2. The molecule has 1 amide bonds. The Balaban J connectivity index is 1.81. The average Bonchev–Trinajstić information content (AvgIpc) is 3.02. The van der Waals surface area contributed by atoms with E-state index in [4.69, 9.17) is 16.0 Å². The molecule has 0 radical (unpaired) electrons. The molecule has 3 rings (SSSR count). The number of halogens is 1. The summed E-state index contributed by atoms with van der Waals surface area (Å²) in [5.74, 6) is 0.176. The van der Waals surface area contributed by atoms with Crippen LogP contribution in [0.15, 0.2) is 22.6 Å². The van der Waals surface area contributed by atoms with Gasteiger partial charge in [-0.3, -0.25) is 4.79 Å². The van der Waals surface area contributed by atoms with Crippen molar-refractivity contribution in [3.63, 3.8) is 0 Å². The van der Waals surface area contributed by atoms with Gasteiger partial charge in [-0.15, -0.1) is 0 Å². The van der Waals surface area contributed by atoms with Crippen LogP contribution in [0.1, 0.15) is 6.42 Å². The number of fused-ring (bicyclic) bond motifs is 1. The molecular weight excluding hydrogens is 278 g/mol. The number of rotatable bonds is 2. The van der Waals surface area contributed by atoms with Crippen molar-refractivity contribution in [1.29, 1.82) is 0 Å². The van der Waals surface area contributed by atoms with Gasteiger partial charge < -0.3 is 14.2 Å². The van der Waals surface area contributed by atoms with Gasteiger partial charge >= 0.3 is 0 Å². The smallest absolute Gasteiger partial charge is 0.298 e. The summed E-state index contributed by atoms with van der Waals surface area (Å²) in [7, 11) is 3.57. The van der Waals surface area contributed by atoms with Crippen LogP contribution in [0, 0.1) is 5.92 Å². The van der Waals surface area contributed by atoms with E-state index >= 15 is 0 Å². The van der Waals surface area contributed by atoms with Gasteiger partial charge in [0.1, 0.15) is 5.52 Å². The number of carbonyl (C=O) groups excluding carboxylic acids is 1. The Labute approximate surface area is 122 Å². The van der Waals surface area contributed by atoms with E-state index in [1.165, 1.54) is 0 Å². The van der Waals surface area contributed by atoms with E-state index in [2.05, 4.69) is 4.98 Å². The SMILES string of the molecule is CN(C)C(=O)C1CCN(c2nc3cc(Cl)ccc3o2)C1. The molecule has 1 saturated heterocycles. The van der Waals surface area contributed by atoms with Crippen molar-refractivity contribution in [2.24, 2.45) is 5.92 Å². The number of benzene rings is 1. The summed E-state index contributed by atoms with van der Waals surface area (Å²) in [5, 5.41) is 0.638. The molecule has 1 atom stereocenters. The first kappa shape index (κ1) is 13.2. The van der Waals surface area contributed by atoms with E-state index in [0.717, 1.165) is 18.5 Å². The highest BCUT2D eigenvalue weighted by molar-refractivity contribution is 6.31. The lowest BCUT2D eigenvalue weighted by Gasteiger charge is -2.16. The number of nitrogens with zero attached hydrogens (tertiary/aromatic N) is 3. The molecule has 1 aliphatic heterocycles. The average molecular weight is 294 g/mol. The lowest BCUT2D eigenvalue weighted by Crippen LogP contribution is -2.31. The van der Waals surface area contributed by atoms with E-state index in [9.17, 15) is 4.79 Å². The highest BCUT2D eigenvalue weighted by Crippen LogP contribution is 2.28. The van der Waals surface area contributed by atoms with Crippen LogP contribution < -0.4 is 4.90 Å². The second-order valence-electron chi connectivity index (χ2n) is 5.27. The Kier molecular flexibility index (Phi) is 3.30. The van der Waals surface area contributed by atoms with E-state index in [-0.39, 0.29) is 11.8 Å². The number of oxazole rings is 1. The van der Waals surface area contributed by atoms with E-state index in [1.807, 2.05) is 11.0 Å². The largest absolute Gasteiger partial charge is 0.423 e. The summed E-state index contributed by atoms with van der Waals surface area (Å²) >= 11 is 5.94. The number of hydrogen-bond donors (Lipinski definition) is 0. The Morgan fingerprint density at radius 3 is 3.05 bits per heavy atom. The Morgan fingerprint density at radius 1 is 1.50 bits per heavy atom. The second kappa shape index (κ2) is 4.98. The van der Waals surface area contributed by atoms with Gasteiger partial charge in [0.25, 0.3) is 6.01 Å². The third-order valence-electron chi connectivity index (χ3n) is 3.59. The van der Waals surface area contributed by atoms with Gasteiger partial charge in [-0.05, 0) is 24.6 Å². The Hall–Kier alpha value is -1.75. The zero-order valence-corrected chi connectivity index (χ0v) is 12.2. The molecule has 0 N–H and O–H groups in total. The van der Waals surface area contributed by atoms with Crippen LogP contribution in [0.2, 0.25) is 5.02 Å². The minimum atomic E-state index is 0.0172. The van der Waals surface area contributed by atoms with Gasteiger partial charge in [0.2, 0.25) is 5.91 Å². The molecule has 0 aliphatic carbocycles. The number of hydrogen-bond acceptors (Lipinski definition) is 4. The molecule has 2 heterocycles. The van der Waals surface area contributed by atoms with Crippen molar-refractivity contribution in [2.45, 2.75) is 6.42 Å². The standard InChI is InChI=1S/C14H16ClN3O2/c1-17(2)13(19)9-5-6-18(8-9)14-16-11-7-10(15)3-4-12(11)20-14/h3-4,7,9H,5-6,8H2,1-2H3. The molecule has 1 unspecified atom stereocenters. The van der Waals surface area contributed by atoms with Gasteiger partial charge in [-0.25, -0.2) is 0 Å². The first-order valence-corrected chi connectivity index (χ1v) is 6.94. The topological polar surface area (TPSA) is 49.6 Å². The number of aromatic nitrogens is 1. The lowest BCUT2D eigenvalue weighted by molar-refractivity contribution is -0.132. The summed E-state index contributed by atoms with van der Waals surface area (Å²) in [4.78, 5) is 20.1. The van der Waals surface area contributed by atoms with Crippen molar-refractivity contribution in [3.05, 3.63) is 23.2 Å². The van der Waals surface area contributed by atoms with Crippen molar-refractivity contribution in [2.75, 3.05) is 32.1 Å². The van der Waals surface area contributed by atoms with Crippen LogP contribution in [-0.4, -0.2) is 43.0 Å². The zero-order valence-electron chi connectivity index (χ0n) is 11.5. The van der Waals surface area contributed by atoms with E-state index < -0.39 is 0 Å². The molecule has 0 spiro atoms. The molecule has 1 aromatic heterocycles. The maximum atomic E-state index is 12.0. The molecule has 2 aromatic rings.